The number of nitrogens with one attached hydrogen (secondary N) is 1. The first-order valence-electron chi connectivity index (χ1n) is 8.79. The maximum Gasteiger partial charge on any atom is 0.410 e. The molecule has 3 aliphatic heterocycles. The lowest BCUT2D eigenvalue weighted by Gasteiger charge is -2.37. The van der Waals surface area contributed by atoms with Crippen LogP contribution in [0.5, 0.6) is 0 Å². The summed E-state index contributed by atoms with van der Waals surface area (Å²) in [5, 5.41) is 3.25. The highest BCUT2D eigenvalue weighted by atomic mass is 19.1. The van der Waals surface area contributed by atoms with Crippen LogP contribution in [0.25, 0.3) is 0 Å². The quantitative estimate of drug-likeness (QED) is 0.881. The van der Waals surface area contributed by atoms with Gasteiger partial charge in [-0.1, -0.05) is 11.6 Å². The van der Waals surface area contributed by atoms with Crippen LogP contribution in [-0.4, -0.2) is 66.2 Å². The van der Waals surface area contributed by atoms with Gasteiger partial charge in [-0.2, -0.15) is 0 Å². The first-order chi connectivity index (χ1) is 12.0. The summed E-state index contributed by atoms with van der Waals surface area (Å²) in [5.74, 6) is -0.759. The molecule has 0 aromatic heterocycles. The van der Waals surface area contributed by atoms with Crippen molar-refractivity contribution in [2.45, 2.75) is 38.0 Å². The second kappa shape index (κ2) is 6.29. The predicted molar refractivity (Wildman–Crippen MR) is 88.8 cm³/mol. The molecule has 0 radical (unpaired) electrons. The van der Waals surface area contributed by atoms with E-state index in [1.54, 1.807) is 17.0 Å². The molecule has 0 saturated carbocycles. The Labute approximate surface area is 145 Å². The number of nitrogens with zero attached hydrogens (tertiary/aromatic N) is 2. The van der Waals surface area contributed by atoms with E-state index in [0.717, 1.165) is 12.1 Å². The Bertz CT molecular complexity index is 703. The van der Waals surface area contributed by atoms with Crippen LogP contribution in [-0.2, 0) is 4.74 Å². The number of benzene rings is 1. The zero-order valence-electron chi connectivity index (χ0n) is 14.2. The Hall–Kier alpha value is -2.15. The molecule has 6 nitrogen and oxygen atoms in total. The molecule has 3 aliphatic rings. The van der Waals surface area contributed by atoms with Crippen LogP contribution < -0.4 is 5.32 Å². The molecule has 3 saturated heterocycles. The number of carbonyl (C=O) groups excluding carboxylic acids is 2. The zero-order chi connectivity index (χ0) is 17.6. The van der Waals surface area contributed by atoms with Gasteiger partial charge in [-0.3, -0.25) is 9.69 Å². The van der Waals surface area contributed by atoms with Gasteiger partial charge in [0.15, 0.2) is 0 Å². The zero-order valence-corrected chi connectivity index (χ0v) is 14.2. The molecule has 2 amide bonds. The van der Waals surface area contributed by atoms with Crippen LogP contribution in [0.3, 0.4) is 0 Å². The number of hydrogen-bond acceptors (Lipinski definition) is 4. The van der Waals surface area contributed by atoms with E-state index in [0.29, 0.717) is 32.5 Å². The minimum absolute atomic E-state index is 0.0615. The van der Waals surface area contributed by atoms with Crippen molar-refractivity contribution in [3.63, 3.8) is 0 Å². The van der Waals surface area contributed by atoms with E-state index in [1.807, 2.05) is 11.8 Å². The van der Waals surface area contributed by atoms with Crippen molar-refractivity contribution in [1.82, 2.24) is 15.1 Å². The van der Waals surface area contributed by atoms with Crippen LogP contribution in [0, 0.1) is 12.7 Å². The standard InChI is InChI=1S/C18H22FN3O3/c1-11-2-3-14(19)13(8-11)17(23)21-6-4-12(5-7-21)22-15-9-20-10-16(15)25-18(22)24/h2-3,8,12,15-16,20H,4-7,9-10H2,1H3/t15-,16+/m1/s1. The summed E-state index contributed by atoms with van der Waals surface area (Å²) >= 11 is 0. The maximum atomic E-state index is 14.0. The van der Waals surface area contributed by atoms with E-state index in [2.05, 4.69) is 5.32 Å². The average molecular weight is 347 g/mol. The van der Waals surface area contributed by atoms with Gasteiger partial charge in [-0.15, -0.1) is 0 Å². The number of piperidine rings is 1. The molecule has 0 aliphatic carbocycles. The Morgan fingerprint density at radius 1 is 1.28 bits per heavy atom. The monoisotopic (exact) mass is 347 g/mol. The van der Waals surface area contributed by atoms with E-state index in [4.69, 9.17) is 4.74 Å². The van der Waals surface area contributed by atoms with Crippen molar-refractivity contribution < 1.29 is 18.7 Å². The summed E-state index contributed by atoms with van der Waals surface area (Å²) in [7, 11) is 0. The number of aryl methyl sites for hydroxylation is 1. The van der Waals surface area contributed by atoms with Crippen LogP contribution >= 0.6 is 0 Å². The fraction of sp³-hybridized carbons (Fsp3) is 0.556. The normalized spacial score (nSPS) is 26.7. The van der Waals surface area contributed by atoms with Crippen LogP contribution in [0.4, 0.5) is 9.18 Å². The van der Waals surface area contributed by atoms with Crippen LogP contribution in [0.15, 0.2) is 18.2 Å². The summed E-state index contributed by atoms with van der Waals surface area (Å²) in [6, 6.07) is 4.76. The van der Waals surface area contributed by atoms with Crippen LogP contribution in [0.2, 0.25) is 0 Å². The molecule has 1 N–H and O–H groups in total. The number of fused-ring (bicyclic) bond motifs is 1. The fourth-order valence-electron chi connectivity index (χ4n) is 4.10. The van der Waals surface area contributed by atoms with E-state index >= 15 is 0 Å². The van der Waals surface area contributed by atoms with Gasteiger partial charge in [0.2, 0.25) is 0 Å². The van der Waals surface area contributed by atoms with Gasteiger partial charge in [-0.25, -0.2) is 9.18 Å². The van der Waals surface area contributed by atoms with Gasteiger partial charge < -0.3 is 15.0 Å². The first-order valence-corrected chi connectivity index (χ1v) is 8.79. The highest BCUT2D eigenvalue weighted by Crippen LogP contribution is 2.29. The van der Waals surface area contributed by atoms with E-state index in [1.165, 1.54) is 6.07 Å². The molecule has 3 fully saturated rings. The second-order valence-electron chi connectivity index (χ2n) is 7.06. The summed E-state index contributed by atoms with van der Waals surface area (Å²) in [4.78, 5) is 28.3. The lowest BCUT2D eigenvalue weighted by atomic mass is 10.00. The molecular weight excluding hydrogens is 325 g/mol. The van der Waals surface area contributed by atoms with E-state index in [-0.39, 0.29) is 35.8 Å². The average Bonchev–Trinajstić information content (AvgIpc) is 3.16. The van der Waals surface area contributed by atoms with Crippen molar-refractivity contribution in [3.8, 4) is 0 Å². The molecule has 0 bridgehead atoms. The SMILES string of the molecule is Cc1ccc(F)c(C(=O)N2CCC(N3C(=O)O[C@H]4CNC[C@H]43)CC2)c1. The maximum absolute atomic E-state index is 14.0. The summed E-state index contributed by atoms with van der Waals surface area (Å²) < 4.78 is 19.4. The largest absolute Gasteiger partial charge is 0.442 e. The predicted octanol–water partition coefficient (Wildman–Crippen LogP) is 1.53. The minimum atomic E-state index is -0.485. The van der Waals surface area contributed by atoms with Crippen molar-refractivity contribution in [3.05, 3.63) is 35.1 Å². The molecule has 1 aromatic carbocycles. The Morgan fingerprint density at radius 3 is 2.80 bits per heavy atom. The molecule has 0 spiro atoms. The van der Waals surface area contributed by atoms with Gasteiger partial charge in [0.05, 0.1) is 11.6 Å². The summed E-state index contributed by atoms with van der Waals surface area (Å²) in [5.41, 5.74) is 0.985. The fourth-order valence-corrected chi connectivity index (χ4v) is 4.10. The molecule has 1 aromatic rings. The molecule has 7 heteroatoms. The molecule has 4 rings (SSSR count). The number of halogens is 1. The summed E-state index contributed by atoms with van der Waals surface area (Å²) in [6.45, 7) is 4.34. The highest BCUT2D eigenvalue weighted by Gasteiger charge is 2.48. The number of hydrogen-bond donors (Lipinski definition) is 1. The number of carbonyl (C=O) groups is 2. The van der Waals surface area contributed by atoms with Gasteiger partial charge in [0.25, 0.3) is 5.91 Å². The summed E-state index contributed by atoms with van der Waals surface area (Å²) in [6.07, 6.45) is 1.08. The third-order valence-electron chi connectivity index (χ3n) is 5.45. The van der Waals surface area contributed by atoms with Crippen molar-refractivity contribution in [2.24, 2.45) is 0 Å². The Kier molecular flexibility index (Phi) is 4.11. The van der Waals surface area contributed by atoms with Gasteiger partial charge in [0, 0.05) is 32.2 Å². The van der Waals surface area contributed by atoms with Crippen molar-refractivity contribution >= 4 is 12.0 Å². The molecule has 2 atom stereocenters. The first kappa shape index (κ1) is 16.3. The molecule has 134 valence electrons. The highest BCUT2D eigenvalue weighted by molar-refractivity contribution is 5.94. The molecular formula is C18H22FN3O3. The van der Waals surface area contributed by atoms with Crippen molar-refractivity contribution in [2.75, 3.05) is 26.2 Å². The van der Waals surface area contributed by atoms with Crippen molar-refractivity contribution in [1.29, 1.82) is 0 Å². The third-order valence-corrected chi connectivity index (χ3v) is 5.45. The number of rotatable bonds is 2. The molecule has 0 unspecified atom stereocenters. The number of amides is 2. The van der Waals surface area contributed by atoms with Crippen LogP contribution in [0.1, 0.15) is 28.8 Å². The number of likely N-dealkylation sites (tertiary alicyclic amines) is 1. The lowest BCUT2D eigenvalue weighted by Crippen LogP contribution is -2.51. The van der Waals surface area contributed by atoms with Gasteiger partial charge in [0.1, 0.15) is 11.9 Å². The Balaban J connectivity index is 1.42. The minimum Gasteiger partial charge on any atom is -0.442 e. The number of ether oxygens (including phenoxy) is 1. The Morgan fingerprint density at radius 2 is 2.04 bits per heavy atom. The second-order valence-corrected chi connectivity index (χ2v) is 7.06. The van der Waals surface area contributed by atoms with Gasteiger partial charge in [-0.05, 0) is 31.9 Å². The molecule has 3 heterocycles. The van der Waals surface area contributed by atoms with Gasteiger partial charge >= 0.3 is 6.09 Å². The van der Waals surface area contributed by atoms with E-state index < -0.39 is 5.82 Å². The molecule has 25 heavy (non-hydrogen) atoms. The lowest BCUT2D eigenvalue weighted by molar-refractivity contribution is 0.0634. The smallest absolute Gasteiger partial charge is 0.410 e. The third kappa shape index (κ3) is 2.86. The topological polar surface area (TPSA) is 61.9 Å². The van der Waals surface area contributed by atoms with E-state index in [9.17, 15) is 14.0 Å².